The third-order valence-corrected chi connectivity index (χ3v) is 8.77. The molecule has 3 atom stereocenters. The number of likely N-dealkylation sites (tertiary alicyclic amines) is 1. The summed E-state index contributed by atoms with van der Waals surface area (Å²) in [5.41, 5.74) is 2.53. The normalized spacial score (nSPS) is 19.1. The highest BCUT2D eigenvalue weighted by Crippen LogP contribution is 2.45. The molecule has 2 aromatic carbocycles. The fourth-order valence-electron chi connectivity index (χ4n) is 6.78. The van der Waals surface area contributed by atoms with Gasteiger partial charge in [0, 0.05) is 24.3 Å². The van der Waals surface area contributed by atoms with Gasteiger partial charge in [-0.1, -0.05) is 53.4 Å². The predicted octanol–water partition coefficient (Wildman–Crippen LogP) is 7.86. The Morgan fingerprint density at radius 2 is 1.83 bits per heavy atom. The van der Waals surface area contributed by atoms with Gasteiger partial charge in [0.2, 0.25) is 18.4 Å². The van der Waals surface area contributed by atoms with E-state index in [2.05, 4.69) is 44.7 Å². The number of rotatable bonds is 14. The summed E-state index contributed by atoms with van der Waals surface area (Å²) in [5, 5.41) is 0. The highest BCUT2D eigenvalue weighted by molar-refractivity contribution is 5.95. The second-order valence-corrected chi connectivity index (χ2v) is 12.0. The number of halogens is 1. The average molecular weight is 569 g/mol. The maximum Gasteiger partial charge on any atom is 0.241 e. The molecule has 7 heteroatoms. The number of methoxy groups -OCH3 is 1. The number of benzene rings is 2. The van der Waals surface area contributed by atoms with Crippen LogP contribution < -0.4 is 19.1 Å². The van der Waals surface area contributed by atoms with E-state index in [-0.39, 0.29) is 30.5 Å². The van der Waals surface area contributed by atoms with Gasteiger partial charge < -0.3 is 19.1 Å². The molecule has 0 saturated carbocycles. The van der Waals surface area contributed by atoms with Crippen LogP contribution in [-0.4, -0.2) is 49.9 Å². The van der Waals surface area contributed by atoms with Gasteiger partial charge in [-0.05, 0) is 85.9 Å². The van der Waals surface area contributed by atoms with E-state index >= 15 is 0 Å². The maximum atomic E-state index is 14.3. The zero-order valence-corrected chi connectivity index (χ0v) is 25.9. The maximum absolute atomic E-state index is 14.3. The summed E-state index contributed by atoms with van der Waals surface area (Å²) in [6, 6.07) is 9.64. The molecule has 2 aromatic rings. The number of hydrogen-bond acceptors (Lipinski definition) is 5. The molecule has 3 unspecified atom stereocenters. The smallest absolute Gasteiger partial charge is 0.241 e. The molecule has 0 spiro atoms. The molecule has 2 aliphatic heterocycles. The molecule has 226 valence electrons. The molecule has 0 N–H and O–H groups in total. The van der Waals surface area contributed by atoms with Gasteiger partial charge in [0.05, 0.1) is 13.7 Å². The Labute approximate surface area is 246 Å². The quantitative estimate of drug-likeness (QED) is 0.232. The van der Waals surface area contributed by atoms with Crippen LogP contribution in [0.1, 0.15) is 96.1 Å². The summed E-state index contributed by atoms with van der Waals surface area (Å²) in [6.45, 7) is 12.0. The van der Waals surface area contributed by atoms with Gasteiger partial charge in [0.15, 0.2) is 11.5 Å². The topological polar surface area (TPSA) is 51.2 Å². The van der Waals surface area contributed by atoms with Crippen molar-refractivity contribution in [3.05, 3.63) is 47.3 Å². The minimum atomic E-state index is -0.241. The minimum absolute atomic E-state index is 0.0938. The number of nitrogens with zero attached hydrogens (tertiary/aromatic N) is 2. The van der Waals surface area contributed by atoms with E-state index in [1.807, 2.05) is 11.0 Å². The van der Waals surface area contributed by atoms with Crippen molar-refractivity contribution in [1.82, 2.24) is 4.90 Å². The Bertz CT molecular complexity index is 1170. The lowest BCUT2D eigenvalue weighted by Crippen LogP contribution is -2.47. The Balaban J connectivity index is 1.62. The van der Waals surface area contributed by atoms with E-state index in [0.717, 1.165) is 68.5 Å². The molecule has 41 heavy (non-hydrogen) atoms. The summed E-state index contributed by atoms with van der Waals surface area (Å²) in [5.74, 6) is 2.78. The molecule has 0 aromatic heterocycles. The van der Waals surface area contributed by atoms with Crippen molar-refractivity contribution in [3.63, 3.8) is 0 Å². The highest BCUT2D eigenvalue weighted by Gasteiger charge is 2.37. The zero-order valence-electron chi connectivity index (χ0n) is 25.9. The van der Waals surface area contributed by atoms with Crippen LogP contribution in [0, 0.1) is 18.7 Å². The van der Waals surface area contributed by atoms with Crippen molar-refractivity contribution in [1.29, 1.82) is 0 Å². The Morgan fingerprint density at radius 1 is 1.10 bits per heavy atom. The third kappa shape index (κ3) is 7.35. The first-order valence-electron chi connectivity index (χ1n) is 15.6. The van der Waals surface area contributed by atoms with Crippen LogP contribution in [0.4, 0.5) is 10.1 Å². The van der Waals surface area contributed by atoms with Gasteiger partial charge in [0.25, 0.3) is 0 Å². The number of ether oxygens (including phenoxy) is 3. The monoisotopic (exact) mass is 568 g/mol. The number of hydrogen-bond donors (Lipinski definition) is 0. The van der Waals surface area contributed by atoms with Crippen LogP contribution in [0.25, 0.3) is 0 Å². The SMILES string of the molecule is CCCC(C)CC1CC(c2cc(OC)c3c(c2)OCO3)CN1CC(=O)N(c1ccc(F)c(C)c1)C(CCC)CCC. The summed E-state index contributed by atoms with van der Waals surface area (Å²) >= 11 is 0. The van der Waals surface area contributed by atoms with Crippen molar-refractivity contribution in [2.75, 3.05) is 31.9 Å². The molecule has 0 radical (unpaired) electrons. The fraction of sp³-hybridized carbons (Fsp3) is 0.618. The van der Waals surface area contributed by atoms with E-state index in [0.29, 0.717) is 35.6 Å². The fourth-order valence-corrected chi connectivity index (χ4v) is 6.78. The molecular formula is C34H49FN2O4. The minimum Gasteiger partial charge on any atom is -0.493 e. The van der Waals surface area contributed by atoms with E-state index in [4.69, 9.17) is 14.2 Å². The van der Waals surface area contributed by atoms with Crippen LogP contribution in [0.15, 0.2) is 30.3 Å². The molecule has 0 aliphatic carbocycles. The Hall–Kier alpha value is -2.80. The van der Waals surface area contributed by atoms with Crippen LogP contribution in [0.5, 0.6) is 17.2 Å². The van der Waals surface area contributed by atoms with Gasteiger partial charge in [-0.15, -0.1) is 0 Å². The van der Waals surface area contributed by atoms with Gasteiger partial charge in [-0.25, -0.2) is 4.39 Å². The van der Waals surface area contributed by atoms with Crippen LogP contribution in [0.2, 0.25) is 0 Å². The van der Waals surface area contributed by atoms with E-state index in [9.17, 15) is 9.18 Å². The van der Waals surface area contributed by atoms with Crippen molar-refractivity contribution in [2.45, 2.75) is 104 Å². The number of fused-ring (bicyclic) bond motifs is 1. The molecule has 1 fully saturated rings. The zero-order chi connectivity index (χ0) is 29.5. The highest BCUT2D eigenvalue weighted by atomic mass is 19.1. The summed E-state index contributed by atoms with van der Waals surface area (Å²) in [4.78, 5) is 18.6. The number of anilines is 1. The molecule has 1 saturated heterocycles. The van der Waals surface area contributed by atoms with Gasteiger partial charge in [-0.3, -0.25) is 9.69 Å². The lowest BCUT2D eigenvalue weighted by Gasteiger charge is -2.35. The summed E-state index contributed by atoms with van der Waals surface area (Å²) in [6.07, 6.45) is 8.20. The van der Waals surface area contributed by atoms with E-state index < -0.39 is 0 Å². The first kappa shape index (κ1) is 31.1. The molecular weight excluding hydrogens is 519 g/mol. The van der Waals surface area contributed by atoms with E-state index in [1.54, 1.807) is 20.1 Å². The lowest BCUT2D eigenvalue weighted by molar-refractivity contribution is -0.120. The first-order valence-corrected chi connectivity index (χ1v) is 15.6. The number of carbonyl (C=O) groups excluding carboxylic acids is 1. The Morgan fingerprint density at radius 3 is 2.49 bits per heavy atom. The second kappa shape index (κ2) is 14.4. The average Bonchev–Trinajstić information content (AvgIpc) is 3.58. The van der Waals surface area contributed by atoms with E-state index in [1.165, 1.54) is 12.5 Å². The summed E-state index contributed by atoms with van der Waals surface area (Å²) in [7, 11) is 1.66. The van der Waals surface area contributed by atoms with Crippen molar-refractivity contribution in [3.8, 4) is 17.2 Å². The molecule has 2 heterocycles. The Kier molecular flexibility index (Phi) is 10.9. The van der Waals surface area contributed by atoms with Crippen molar-refractivity contribution >= 4 is 11.6 Å². The predicted molar refractivity (Wildman–Crippen MR) is 163 cm³/mol. The van der Waals surface area contributed by atoms with Crippen molar-refractivity contribution in [2.24, 2.45) is 5.92 Å². The molecule has 2 aliphatic rings. The van der Waals surface area contributed by atoms with Crippen LogP contribution in [-0.2, 0) is 4.79 Å². The number of aryl methyl sites for hydroxylation is 1. The number of carbonyl (C=O) groups is 1. The largest absolute Gasteiger partial charge is 0.493 e. The van der Waals surface area contributed by atoms with Gasteiger partial charge >= 0.3 is 0 Å². The van der Waals surface area contributed by atoms with Crippen LogP contribution in [0.3, 0.4) is 0 Å². The first-order chi connectivity index (χ1) is 19.8. The molecule has 1 amide bonds. The lowest BCUT2D eigenvalue weighted by atomic mass is 9.91. The second-order valence-electron chi connectivity index (χ2n) is 12.0. The van der Waals surface area contributed by atoms with Gasteiger partial charge in [-0.2, -0.15) is 0 Å². The van der Waals surface area contributed by atoms with Crippen LogP contribution >= 0.6 is 0 Å². The molecule has 0 bridgehead atoms. The molecule has 4 rings (SSSR count). The van der Waals surface area contributed by atoms with Crippen molar-refractivity contribution < 1.29 is 23.4 Å². The third-order valence-electron chi connectivity index (χ3n) is 8.77. The number of amides is 1. The van der Waals surface area contributed by atoms with Gasteiger partial charge in [0.1, 0.15) is 5.82 Å². The summed E-state index contributed by atoms with van der Waals surface area (Å²) < 4.78 is 31.2. The molecule has 6 nitrogen and oxygen atoms in total. The standard InChI is InChI=1S/C34H49FN2O4/c1-7-10-23(4)15-29-17-26(25-18-31(39-6)34-32(19-25)40-22-41-34)20-36(29)21-33(38)37(27(11-8-2)12-9-3)28-13-14-30(35)24(5)16-28/h13-14,16,18-19,23,26-27,29H,7-12,15,17,20-22H2,1-6H3.